The Morgan fingerprint density at radius 2 is 1.82 bits per heavy atom. The number of fused-ring (bicyclic) bond motifs is 3. The van der Waals surface area contributed by atoms with Crippen LogP contribution in [0.5, 0.6) is 17.2 Å². The molecule has 0 radical (unpaired) electrons. The summed E-state index contributed by atoms with van der Waals surface area (Å²) in [4.78, 5) is 24.6. The molecule has 0 unspecified atom stereocenters. The second-order valence-corrected chi connectivity index (χ2v) is 12.0. The first kappa shape index (κ1) is 23.8. The van der Waals surface area contributed by atoms with Crippen LogP contribution in [0.1, 0.15) is 93.5 Å². The van der Waals surface area contributed by atoms with E-state index in [1.807, 2.05) is 13.8 Å². The molecule has 180 valence electrons. The predicted molar refractivity (Wildman–Crippen MR) is 128 cm³/mol. The number of hydrogen-bond donors (Lipinski definition) is 3. The summed E-state index contributed by atoms with van der Waals surface area (Å²) < 4.78 is 0. The summed E-state index contributed by atoms with van der Waals surface area (Å²) in [6, 6.07) is 0. The largest absolute Gasteiger partial charge is 0.507 e. The van der Waals surface area contributed by atoms with Gasteiger partial charge in [-0.15, -0.1) is 0 Å². The number of ketones is 1. The smallest absolute Gasteiger partial charge is 0.170 e. The van der Waals surface area contributed by atoms with Gasteiger partial charge in [-0.2, -0.15) is 0 Å². The normalized spacial score (nSPS) is 32.0. The van der Waals surface area contributed by atoms with Crippen LogP contribution in [0.3, 0.4) is 0 Å². The van der Waals surface area contributed by atoms with Crippen molar-refractivity contribution in [1.29, 1.82) is 0 Å². The minimum absolute atomic E-state index is 0.00792. The average molecular weight is 455 g/mol. The third-order valence-electron chi connectivity index (χ3n) is 9.35. The Morgan fingerprint density at radius 3 is 2.42 bits per heavy atom. The second kappa shape index (κ2) is 7.89. The van der Waals surface area contributed by atoms with Crippen LogP contribution >= 0.6 is 0 Å². The Hall–Kier alpha value is -2.30. The zero-order chi connectivity index (χ0) is 24.5. The minimum atomic E-state index is -0.627. The molecule has 2 saturated carbocycles. The van der Waals surface area contributed by atoms with Crippen LogP contribution in [0.15, 0.2) is 11.6 Å². The van der Waals surface area contributed by atoms with Crippen molar-refractivity contribution in [3.05, 3.63) is 28.3 Å². The van der Waals surface area contributed by atoms with Crippen LogP contribution in [0.25, 0.3) is 0 Å². The third-order valence-corrected chi connectivity index (χ3v) is 9.35. The molecule has 3 aliphatic carbocycles. The summed E-state index contributed by atoms with van der Waals surface area (Å²) in [6.07, 6.45) is 6.24. The Kier molecular flexibility index (Phi) is 5.70. The van der Waals surface area contributed by atoms with Crippen molar-refractivity contribution >= 4 is 12.1 Å². The molecule has 2 fully saturated rings. The van der Waals surface area contributed by atoms with Crippen molar-refractivity contribution in [2.45, 2.75) is 73.6 Å². The molecule has 0 bridgehead atoms. The number of carbonyl (C=O) groups is 2. The molecule has 33 heavy (non-hydrogen) atoms. The van der Waals surface area contributed by atoms with Crippen molar-refractivity contribution < 1.29 is 24.9 Å². The number of carbonyl (C=O) groups excluding carboxylic acids is 2. The van der Waals surface area contributed by atoms with Crippen LogP contribution in [0.4, 0.5) is 0 Å². The van der Waals surface area contributed by atoms with E-state index in [-0.39, 0.29) is 46.1 Å². The van der Waals surface area contributed by atoms with Crippen molar-refractivity contribution in [2.24, 2.45) is 40.4 Å². The number of allylic oxidation sites excluding steroid dienone is 2. The van der Waals surface area contributed by atoms with Crippen LogP contribution in [0, 0.1) is 40.4 Å². The fraction of sp³-hybridized carbons (Fsp3) is 0.643. The number of phenolic OH excluding ortho intramolecular Hbond substituents is 3. The van der Waals surface area contributed by atoms with Gasteiger partial charge in [0.05, 0.1) is 5.56 Å². The zero-order valence-corrected chi connectivity index (χ0v) is 20.7. The first-order chi connectivity index (χ1) is 15.4. The maximum atomic E-state index is 12.8. The molecule has 5 atom stereocenters. The second-order valence-electron chi connectivity index (χ2n) is 12.0. The molecule has 5 nitrogen and oxygen atoms in total. The standard InChI is InChI=1S/C28H38O5/c1-14(2)11-20(30)21-25(32)17(24(31)18(13-29)26(21)33)12-16-8-7-15(3)22-23-19(27(23,4)5)9-10-28(16,22)6/h7,13-14,16,19,22-23,31-33H,8-12H2,1-6H3/t16-,19-,22+,23-,28-/m1/s1. The molecule has 0 amide bonds. The van der Waals surface area contributed by atoms with E-state index in [0.717, 1.165) is 18.8 Å². The lowest BCUT2D eigenvalue weighted by Crippen LogP contribution is -2.43. The van der Waals surface area contributed by atoms with E-state index in [2.05, 4.69) is 33.8 Å². The number of aldehydes is 1. The molecular weight excluding hydrogens is 416 g/mol. The highest BCUT2D eigenvalue weighted by atomic mass is 16.3. The number of rotatable bonds is 6. The number of phenols is 3. The molecule has 0 aromatic heterocycles. The van der Waals surface area contributed by atoms with Gasteiger partial charge in [-0.25, -0.2) is 0 Å². The molecule has 4 rings (SSSR count). The van der Waals surface area contributed by atoms with E-state index >= 15 is 0 Å². The Morgan fingerprint density at radius 1 is 1.15 bits per heavy atom. The van der Waals surface area contributed by atoms with E-state index in [1.54, 1.807) is 0 Å². The van der Waals surface area contributed by atoms with Crippen molar-refractivity contribution in [2.75, 3.05) is 0 Å². The minimum Gasteiger partial charge on any atom is -0.507 e. The topological polar surface area (TPSA) is 94.8 Å². The van der Waals surface area contributed by atoms with Crippen LogP contribution < -0.4 is 0 Å². The monoisotopic (exact) mass is 454 g/mol. The lowest BCUT2D eigenvalue weighted by Gasteiger charge is -2.50. The average Bonchev–Trinajstić information content (AvgIpc) is 3.26. The van der Waals surface area contributed by atoms with Gasteiger partial charge >= 0.3 is 0 Å². The van der Waals surface area contributed by atoms with Gasteiger partial charge in [-0.1, -0.05) is 46.3 Å². The fourth-order valence-electron chi connectivity index (χ4n) is 7.41. The quantitative estimate of drug-likeness (QED) is 0.277. The van der Waals surface area contributed by atoms with Gasteiger partial charge < -0.3 is 15.3 Å². The summed E-state index contributed by atoms with van der Waals surface area (Å²) >= 11 is 0. The van der Waals surface area contributed by atoms with Gasteiger partial charge in [0.1, 0.15) is 22.8 Å². The summed E-state index contributed by atoms with van der Waals surface area (Å²) in [5.41, 5.74) is 1.44. The fourth-order valence-corrected chi connectivity index (χ4v) is 7.41. The molecule has 0 spiro atoms. The van der Waals surface area contributed by atoms with Gasteiger partial charge in [-0.3, -0.25) is 9.59 Å². The maximum absolute atomic E-state index is 12.8. The molecule has 0 aliphatic heterocycles. The van der Waals surface area contributed by atoms with Gasteiger partial charge in [0, 0.05) is 12.0 Å². The van der Waals surface area contributed by atoms with Gasteiger partial charge in [0.2, 0.25) is 0 Å². The molecule has 3 N–H and O–H groups in total. The molecule has 5 heteroatoms. The number of aromatic hydroxyl groups is 3. The SMILES string of the molecule is CC1=CC[C@H](Cc2c(O)c(C=O)c(O)c(C(=O)CC(C)C)c2O)[C@@]2(C)CC[C@@H]3[C@H]([C@H]12)C3(C)C. The summed E-state index contributed by atoms with van der Waals surface area (Å²) in [6.45, 7) is 13.1. The van der Waals surface area contributed by atoms with Gasteiger partial charge in [0.25, 0.3) is 0 Å². The van der Waals surface area contributed by atoms with Crippen LogP contribution in [-0.2, 0) is 6.42 Å². The molecule has 0 heterocycles. The van der Waals surface area contributed by atoms with Gasteiger partial charge in [-0.05, 0) is 73.0 Å². The summed E-state index contributed by atoms with van der Waals surface area (Å²) in [5.74, 6) is 0.182. The van der Waals surface area contributed by atoms with Crippen molar-refractivity contribution in [3.63, 3.8) is 0 Å². The Bertz CT molecular complexity index is 1030. The summed E-state index contributed by atoms with van der Waals surface area (Å²) in [5, 5.41) is 32.5. The first-order valence-electron chi connectivity index (χ1n) is 12.3. The van der Waals surface area contributed by atoms with Crippen LogP contribution in [-0.4, -0.2) is 27.4 Å². The number of benzene rings is 1. The van der Waals surface area contributed by atoms with E-state index in [9.17, 15) is 24.9 Å². The van der Waals surface area contributed by atoms with E-state index < -0.39 is 17.3 Å². The molecular formula is C28H38O5. The Balaban J connectivity index is 1.76. The predicted octanol–water partition coefficient (Wildman–Crippen LogP) is 6.04. The molecule has 0 saturated heterocycles. The lowest BCUT2D eigenvalue weighted by atomic mass is 9.54. The lowest BCUT2D eigenvalue weighted by molar-refractivity contribution is 0.0437. The highest BCUT2D eigenvalue weighted by Gasteiger charge is 2.67. The van der Waals surface area contributed by atoms with Gasteiger partial charge in [0.15, 0.2) is 12.1 Å². The van der Waals surface area contributed by atoms with Crippen molar-refractivity contribution in [1.82, 2.24) is 0 Å². The Labute approximate surface area is 196 Å². The molecule has 1 aromatic carbocycles. The molecule has 1 aromatic rings. The van der Waals surface area contributed by atoms with E-state index in [1.165, 1.54) is 12.0 Å². The highest BCUT2D eigenvalue weighted by Crippen LogP contribution is 2.74. The van der Waals surface area contributed by atoms with E-state index in [4.69, 9.17) is 0 Å². The number of hydrogen-bond acceptors (Lipinski definition) is 5. The highest BCUT2D eigenvalue weighted by molar-refractivity contribution is 6.05. The maximum Gasteiger partial charge on any atom is 0.170 e. The van der Waals surface area contributed by atoms with E-state index in [0.29, 0.717) is 30.0 Å². The zero-order valence-electron chi connectivity index (χ0n) is 20.7. The number of Topliss-reactive ketones (excluding diaryl/α,β-unsaturated/α-hetero) is 1. The molecule has 3 aliphatic rings. The van der Waals surface area contributed by atoms with Crippen LogP contribution in [0.2, 0.25) is 0 Å². The van der Waals surface area contributed by atoms with Crippen molar-refractivity contribution in [3.8, 4) is 17.2 Å². The third kappa shape index (κ3) is 3.50. The summed E-state index contributed by atoms with van der Waals surface area (Å²) in [7, 11) is 0. The first-order valence-corrected chi connectivity index (χ1v) is 12.3.